The highest BCUT2D eigenvalue weighted by Gasteiger charge is 2.09. The third-order valence-corrected chi connectivity index (χ3v) is 2.57. The van der Waals surface area contributed by atoms with Gasteiger partial charge in [-0.05, 0) is 12.1 Å². The van der Waals surface area contributed by atoms with E-state index < -0.39 is 17.2 Å². The van der Waals surface area contributed by atoms with E-state index >= 15 is 0 Å². The summed E-state index contributed by atoms with van der Waals surface area (Å²) in [6, 6.07) is 6.61. The van der Waals surface area contributed by atoms with Gasteiger partial charge in [0, 0.05) is 0 Å². The molecule has 0 atom stereocenters. The van der Waals surface area contributed by atoms with Crippen LogP contribution in [0.4, 0.5) is 0 Å². The second kappa shape index (κ2) is 4.46. The largest absolute Gasteiger partial charge is 0.329 e. The first-order chi connectivity index (χ1) is 8.13. The maximum absolute atomic E-state index is 11.9. The molecule has 0 fully saturated rings. The first kappa shape index (κ1) is 11.5. The van der Waals surface area contributed by atoms with E-state index in [2.05, 4.69) is 22.5 Å². The summed E-state index contributed by atoms with van der Waals surface area (Å²) < 4.78 is 2.89. The Kier molecular flexibility index (Phi) is 3.01. The van der Waals surface area contributed by atoms with Crippen LogP contribution in [-0.4, -0.2) is 15.5 Å². The van der Waals surface area contributed by atoms with Crippen LogP contribution in [0.25, 0.3) is 10.9 Å². The average Bonchev–Trinajstić information content (AvgIpc) is 2.34. The Balaban J connectivity index is 2.68. The Morgan fingerprint density at radius 2 is 2.06 bits per heavy atom. The number of nitrogens with zero attached hydrogens (tertiary/aromatic N) is 1. The topological polar surface area (TPSA) is 84.0 Å². The van der Waals surface area contributed by atoms with E-state index in [4.69, 9.17) is 0 Å². The van der Waals surface area contributed by atoms with Gasteiger partial charge in [-0.1, -0.05) is 24.9 Å². The lowest BCUT2D eigenvalue weighted by atomic mass is 10.2. The minimum atomic E-state index is -0.620. The molecule has 0 aliphatic carbocycles. The van der Waals surface area contributed by atoms with E-state index in [9.17, 15) is 14.4 Å². The number of carbonyl (C=O) groups is 1. The number of aromatic amines is 1. The van der Waals surface area contributed by atoms with Gasteiger partial charge < -0.3 is 9.71 Å². The third kappa shape index (κ3) is 2.09. The van der Waals surface area contributed by atoms with Crippen LogP contribution in [0.2, 0.25) is 0 Å². The number of rotatable bonds is 2. The van der Waals surface area contributed by atoms with Crippen LogP contribution in [0.5, 0.6) is 0 Å². The fourth-order valence-corrected chi connectivity index (χ4v) is 1.59. The number of carbonyl (C=O) groups excluding carboxylic acids is 1. The fraction of sp³-hybridized carbons (Fsp3) is 0.100. The molecule has 1 aromatic heterocycles. The van der Waals surface area contributed by atoms with Crippen molar-refractivity contribution in [2.45, 2.75) is 6.54 Å². The highest BCUT2D eigenvalue weighted by molar-refractivity contribution is 7.78. The van der Waals surface area contributed by atoms with Crippen LogP contribution in [0, 0.1) is 0 Å². The zero-order chi connectivity index (χ0) is 12.4. The monoisotopic (exact) mass is 251 g/mol. The first-order valence-electron chi connectivity index (χ1n) is 4.78. The van der Waals surface area contributed by atoms with Crippen LogP contribution in [0.3, 0.4) is 0 Å². The summed E-state index contributed by atoms with van der Waals surface area (Å²) in [6.45, 7) is -0.359. The minimum Gasteiger partial charge on any atom is -0.307 e. The van der Waals surface area contributed by atoms with Gasteiger partial charge in [-0.3, -0.25) is 14.2 Å². The standard InChI is InChI=1S/C10H9N3O3S/c14-8(12-17)5-13-9(15)6-3-1-2-4-7(6)11-10(13)16/h1-4,17H,5H2,(H,11,16)(H,12,14). The molecule has 88 valence electrons. The van der Waals surface area contributed by atoms with E-state index in [0.29, 0.717) is 10.9 Å². The lowest BCUT2D eigenvalue weighted by molar-refractivity contribution is -0.119. The Morgan fingerprint density at radius 3 is 2.76 bits per heavy atom. The molecule has 1 aromatic carbocycles. The van der Waals surface area contributed by atoms with Crippen molar-refractivity contribution in [1.82, 2.24) is 14.3 Å². The number of fused-ring (bicyclic) bond motifs is 1. The average molecular weight is 251 g/mol. The Morgan fingerprint density at radius 1 is 1.35 bits per heavy atom. The van der Waals surface area contributed by atoms with Crippen molar-refractivity contribution in [1.29, 1.82) is 0 Å². The quantitative estimate of drug-likeness (QED) is 0.638. The third-order valence-electron chi connectivity index (χ3n) is 2.32. The van der Waals surface area contributed by atoms with E-state index in [1.165, 1.54) is 0 Å². The second-order valence-corrected chi connectivity index (χ2v) is 3.63. The summed E-state index contributed by atoms with van der Waals surface area (Å²) in [5, 5.41) is 0.360. The molecule has 6 nitrogen and oxygen atoms in total. The van der Waals surface area contributed by atoms with Gasteiger partial charge >= 0.3 is 5.69 Å². The molecule has 0 saturated heterocycles. The molecule has 0 radical (unpaired) electrons. The molecule has 0 aliphatic rings. The van der Waals surface area contributed by atoms with Crippen LogP contribution in [0.15, 0.2) is 33.9 Å². The number of nitrogens with one attached hydrogen (secondary N) is 2. The summed E-state index contributed by atoms with van der Waals surface area (Å²) >= 11 is 3.56. The zero-order valence-electron chi connectivity index (χ0n) is 8.64. The molecule has 2 rings (SSSR count). The van der Waals surface area contributed by atoms with Gasteiger partial charge in [0.25, 0.3) is 5.56 Å². The van der Waals surface area contributed by atoms with Crippen molar-refractivity contribution >= 4 is 29.6 Å². The maximum Gasteiger partial charge on any atom is 0.329 e. The predicted octanol–water partition coefficient (Wildman–Crippen LogP) is -0.349. The summed E-state index contributed by atoms with van der Waals surface area (Å²) in [4.78, 5) is 37.2. The number of hydrogen-bond donors (Lipinski definition) is 3. The van der Waals surface area contributed by atoms with E-state index in [1.54, 1.807) is 24.3 Å². The van der Waals surface area contributed by atoms with Crippen molar-refractivity contribution in [2.24, 2.45) is 0 Å². The lowest BCUT2D eigenvalue weighted by Gasteiger charge is -2.04. The van der Waals surface area contributed by atoms with Crippen molar-refractivity contribution in [2.75, 3.05) is 0 Å². The van der Waals surface area contributed by atoms with Gasteiger partial charge in [-0.25, -0.2) is 4.79 Å². The number of hydrogen-bond acceptors (Lipinski definition) is 4. The molecule has 0 unspecified atom stereocenters. The highest BCUT2D eigenvalue weighted by Crippen LogP contribution is 2.02. The van der Waals surface area contributed by atoms with Crippen molar-refractivity contribution < 1.29 is 4.79 Å². The van der Waals surface area contributed by atoms with E-state index in [-0.39, 0.29) is 6.54 Å². The number of aromatic nitrogens is 2. The van der Waals surface area contributed by atoms with E-state index in [1.807, 2.05) is 0 Å². The van der Waals surface area contributed by atoms with Gasteiger partial charge in [0.1, 0.15) is 6.54 Å². The molecule has 2 aromatic rings. The smallest absolute Gasteiger partial charge is 0.307 e. The normalized spacial score (nSPS) is 10.4. The number of thiol groups is 1. The van der Waals surface area contributed by atoms with Gasteiger partial charge in [0.15, 0.2) is 0 Å². The Labute approximate surface area is 101 Å². The number of benzene rings is 1. The van der Waals surface area contributed by atoms with Crippen LogP contribution in [-0.2, 0) is 11.3 Å². The van der Waals surface area contributed by atoms with Crippen LogP contribution in [0.1, 0.15) is 0 Å². The zero-order valence-corrected chi connectivity index (χ0v) is 9.53. The minimum absolute atomic E-state index is 0.359. The summed E-state index contributed by atoms with van der Waals surface area (Å²) in [7, 11) is 0. The molecule has 7 heteroatoms. The molecule has 1 heterocycles. The van der Waals surface area contributed by atoms with Crippen molar-refractivity contribution in [3.05, 3.63) is 45.1 Å². The van der Waals surface area contributed by atoms with Gasteiger partial charge in [0.05, 0.1) is 10.9 Å². The summed E-state index contributed by atoms with van der Waals surface area (Å²) in [5.74, 6) is -0.531. The molecule has 0 bridgehead atoms. The summed E-state index contributed by atoms with van der Waals surface area (Å²) in [5.41, 5.74) is -0.669. The van der Waals surface area contributed by atoms with E-state index in [0.717, 1.165) is 4.57 Å². The number of H-pyrrole nitrogens is 1. The SMILES string of the molecule is O=C(Cn1c(=O)[nH]c2ccccc2c1=O)NS. The van der Waals surface area contributed by atoms with Crippen LogP contribution >= 0.6 is 12.8 Å². The summed E-state index contributed by atoms with van der Waals surface area (Å²) in [6.07, 6.45) is 0. The molecule has 17 heavy (non-hydrogen) atoms. The number of amides is 1. The molecular weight excluding hydrogens is 242 g/mol. The van der Waals surface area contributed by atoms with Crippen LogP contribution < -0.4 is 16.0 Å². The maximum atomic E-state index is 11.9. The Bertz CT molecular complexity index is 689. The molecule has 0 spiro atoms. The second-order valence-electron chi connectivity index (χ2n) is 3.40. The van der Waals surface area contributed by atoms with Crippen molar-refractivity contribution in [3.8, 4) is 0 Å². The molecule has 0 aliphatic heterocycles. The molecular formula is C10H9N3O3S. The van der Waals surface area contributed by atoms with Gasteiger partial charge in [0.2, 0.25) is 5.91 Å². The number of para-hydroxylation sites is 1. The highest BCUT2D eigenvalue weighted by atomic mass is 32.1. The Hall–Kier alpha value is -2.02. The molecule has 1 amide bonds. The molecule has 2 N–H and O–H groups in total. The molecule has 0 saturated carbocycles. The lowest BCUT2D eigenvalue weighted by Crippen LogP contribution is -2.39. The van der Waals surface area contributed by atoms with Crippen molar-refractivity contribution in [3.63, 3.8) is 0 Å². The first-order valence-corrected chi connectivity index (χ1v) is 5.23. The predicted molar refractivity (Wildman–Crippen MR) is 66.0 cm³/mol. The van der Waals surface area contributed by atoms with Gasteiger partial charge in [-0.2, -0.15) is 0 Å². The van der Waals surface area contributed by atoms with Gasteiger partial charge in [-0.15, -0.1) is 0 Å². The fourth-order valence-electron chi connectivity index (χ4n) is 1.52.